The molecule has 3 aromatic rings. The minimum atomic E-state index is -3.42. The van der Waals surface area contributed by atoms with E-state index in [4.69, 9.17) is 0 Å². The third-order valence-electron chi connectivity index (χ3n) is 2.91. The summed E-state index contributed by atoms with van der Waals surface area (Å²) in [5, 5.41) is 0. The summed E-state index contributed by atoms with van der Waals surface area (Å²) in [4.78, 5) is 4.14. The summed E-state index contributed by atoms with van der Waals surface area (Å²) < 4.78 is 26.1. The highest BCUT2D eigenvalue weighted by molar-refractivity contribution is 7.89. The molecule has 0 amide bonds. The van der Waals surface area contributed by atoms with Gasteiger partial charge in [0, 0.05) is 12.4 Å². The number of pyridine rings is 1. The Balaban J connectivity index is 2.05. The number of benzene rings is 1. The summed E-state index contributed by atoms with van der Waals surface area (Å²) in [6, 6.07) is 14.3. The van der Waals surface area contributed by atoms with Crippen molar-refractivity contribution < 1.29 is 8.42 Å². The summed E-state index contributed by atoms with van der Waals surface area (Å²) >= 11 is 0. The topological polar surface area (TPSA) is 52.0 Å². The van der Waals surface area contributed by atoms with E-state index in [0.29, 0.717) is 11.0 Å². The molecule has 0 saturated heterocycles. The van der Waals surface area contributed by atoms with Gasteiger partial charge in [-0.1, -0.05) is 30.3 Å². The SMILES string of the molecule is O=S(=O)(Cc1ccccc1)n1ccc2ncccc21. The van der Waals surface area contributed by atoms with E-state index < -0.39 is 10.0 Å². The molecule has 0 bridgehead atoms. The van der Waals surface area contributed by atoms with Gasteiger partial charge in [-0.05, 0) is 23.8 Å². The van der Waals surface area contributed by atoms with Crippen molar-refractivity contribution in [2.45, 2.75) is 5.75 Å². The first-order chi connectivity index (χ1) is 9.17. The third kappa shape index (κ3) is 2.24. The molecule has 5 heteroatoms. The molecule has 96 valence electrons. The Morgan fingerprint density at radius 3 is 2.58 bits per heavy atom. The van der Waals surface area contributed by atoms with Crippen LogP contribution < -0.4 is 0 Å². The molecule has 0 spiro atoms. The summed E-state index contributed by atoms with van der Waals surface area (Å²) in [6.07, 6.45) is 3.20. The van der Waals surface area contributed by atoms with E-state index in [-0.39, 0.29) is 5.75 Å². The van der Waals surface area contributed by atoms with Crippen LogP contribution in [0.2, 0.25) is 0 Å². The van der Waals surface area contributed by atoms with Crippen LogP contribution in [0.4, 0.5) is 0 Å². The lowest BCUT2D eigenvalue weighted by atomic mass is 10.2. The Kier molecular flexibility index (Phi) is 2.83. The fourth-order valence-electron chi connectivity index (χ4n) is 2.04. The van der Waals surface area contributed by atoms with Gasteiger partial charge in [-0.15, -0.1) is 0 Å². The van der Waals surface area contributed by atoms with Gasteiger partial charge in [-0.2, -0.15) is 0 Å². The number of aromatic nitrogens is 2. The molecule has 2 heterocycles. The minimum absolute atomic E-state index is 0.0213. The number of fused-ring (bicyclic) bond motifs is 1. The minimum Gasteiger partial charge on any atom is -0.255 e. The van der Waals surface area contributed by atoms with E-state index in [1.54, 1.807) is 30.6 Å². The van der Waals surface area contributed by atoms with Gasteiger partial charge in [0.1, 0.15) is 0 Å². The Labute approximate surface area is 111 Å². The van der Waals surface area contributed by atoms with Crippen LogP contribution in [0.5, 0.6) is 0 Å². The van der Waals surface area contributed by atoms with Crippen molar-refractivity contribution >= 4 is 21.1 Å². The van der Waals surface area contributed by atoms with Crippen LogP contribution >= 0.6 is 0 Å². The van der Waals surface area contributed by atoms with Crippen molar-refractivity contribution in [3.63, 3.8) is 0 Å². The molecule has 19 heavy (non-hydrogen) atoms. The van der Waals surface area contributed by atoms with E-state index in [1.165, 1.54) is 3.97 Å². The molecule has 0 aliphatic rings. The molecule has 0 radical (unpaired) electrons. The Morgan fingerprint density at radius 1 is 1.00 bits per heavy atom. The largest absolute Gasteiger partial charge is 0.255 e. The van der Waals surface area contributed by atoms with Gasteiger partial charge in [0.05, 0.1) is 16.8 Å². The second-order valence-electron chi connectivity index (χ2n) is 4.26. The molecule has 0 saturated carbocycles. The lowest BCUT2D eigenvalue weighted by Crippen LogP contribution is -2.13. The van der Waals surface area contributed by atoms with E-state index in [1.807, 2.05) is 30.3 Å². The summed E-state index contributed by atoms with van der Waals surface area (Å²) in [5.74, 6) is -0.0213. The molecule has 0 atom stereocenters. The third-order valence-corrected chi connectivity index (χ3v) is 4.53. The van der Waals surface area contributed by atoms with E-state index >= 15 is 0 Å². The van der Waals surface area contributed by atoms with E-state index in [2.05, 4.69) is 4.98 Å². The zero-order valence-electron chi connectivity index (χ0n) is 10.1. The smallest absolute Gasteiger partial charge is 0.243 e. The quantitative estimate of drug-likeness (QED) is 0.735. The maximum atomic E-state index is 12.4. The van der Waals surface area contributed by atoms with Gasteiger partial charge < -0.3 is 0 Å². The highest BCUT2D eigenvalue weighted by Gasteiger charge is 2.16. The first-order valence-corrected chi connectivity index (χ1v) is 7.47. The van der Waals surface area contributed by atoms with Crippen LogP contribution in [-0.2, 0) is 15.8 Å². The van der Waals surface area contributed by atoms with Gasteiger partial charge >= 0.3 is 0 Å². The second kappa shape index (κ2) is 4.51. The van der Waals surface area contributed by atoms with Gasteiger partial charge in [-0.25, -0.2) is 12.4 Å². The standard InChI is InChI=1S/C14H12N2O2S/c17-19(18,11-12-5-2-1-3-6-12)16-10-8-13-14(16)7-4-9-15-13/h1-10H,11H2. The number of rotatable bonds is 3. The number of hydrogen-bond donors (Lipinski definition) is 0. The Bertz CT molecular complexity index is 808. The molecule has 0 fully saturated rings. The van der Waals surface area contributed by atoms with E-state index in [9.17, 15) is 8.42 Å². The molecule has 3 rings (SSSR count). The maximum absolute atomic E-state index is 12.4. The molecule has 0 aliphatic carbocycles. The molecular formula is C14H12N2O2S. The van der Waals surface area contributed by atoms with Gasteiger partial charge in [0.15, 0.2) is 0 Å². The summed E-state index contributed by atoms with van der Waals surface area (Å²) in [7, 11) is -3.42. The Hall–Kier alpha value is -2.14. The lowest BCUT2D eigenvalue weighted by molar-refractivity contribution is 0.588. The average molecular weight is 272 g/mol. The van der Waals surface area contributed by atoms with Crippen LogP contribution in [-0.4, -0.2) is 17.4 Å². The zero-order valence-corrected chi connectivity index (χ0v) is 10.9. The van der Waals surface area contributed by atoms with Crippen molar-refractivity contribution in [1.82, 2.24) is 8.96 Å². The van der Waals surface area contributed by atoms with Crippen molar-refractivity contribution in [2.75, 3.05) is 0 Å². The van der Waals surface area contributed by atoms with Crippen LogP contribution in [0.15, 0.2) is 60.9 Å². The molecule has 0 aliphatic heterocycles. The molecule has 1 aromatic carbocycles. The fourth-order valence-corrected chi connectivity index (χ4v) is 3.49. The second-order valence-corrected chi connectivity index (χ2v) is 6.11. The van der Waals surface area contributed by atoms with Crippen LogP contribution in [0.25, 0.3) is 11.0 Å². The van der Waals surface area contributed by atoms with Crippen LogP contribution in [0.1, 0.15) is 5.56 Å². The summed E-state index contributed by atoms with van der Waals surface area (Å²) in [5.41, 5.74) is 2.06. The first kappa shape index (κ1) is 11.9. The monoisotopic (exact) mass is 272 g/mol. The fraction of sp³-hybridized carbons (Fsp3) is 0.0714. The first-order valence-electron chi connectivity index (χ1n) is 5.86. The van der Waals surface area contributed by atoms with Crippen LogP contribution in [0.3, 0.4) is 0 Å². The zero-order chi connectivity index (χ0) is 13.3. The average Bonchev–Trinajstić information content (AvgIpc) is 2.84. The van der Waals surface area contributed by atoms with Gasteiger partial charge in [-0.3, -0.25) is 4.98 Å². The van der Waals surface area contributed by atoms with E-state index in [0.717, 1.165) is 5.56 Å². The highest BCUT2D eigenvalue weighted by atomic mass is 32.2. The van der Waals surface area contributed by atoms with Crippen molar-refractivity contribution in [1.29, 1.82) is 0 Å². The maximum Gasteiger partial charge on any atom is 0.243 e. The molecule has 4 nitrogen and oxygen atoms in total. The van der Waals surface area contributed by atoms with Crippen molar-refractivity contribution in [3.05, 3.63) is 66.5 Å². The van der Waals surface area contributed by atoms with Gasteiger partial charge in [0.25, 0.3) is 0 Å². The van der Waals surface area contributed by atoms with Crippen molar-refractivity contribution in [3.8, 4) is 0 Å². The summed E-state index contributed by atoms with van der Waals surface area (Å²) in [6.45, 7) is 0. The molecule has 0 unspecified atom stereocenters. The van der Waals surface area contributed by atoms with Gasteiger partial charge in [0.2, 0.25) is 10.0 Å². The highest BCUT2D eigenvalue weighted by Crippen LogP contribution is 2.17. The predicted octanol–water partition coefficient (Wildman–Crippen LogP) is 2.41. The number of hydrogen-bond acceptors (Lipinski definition) is 3. The molecule has 0 N–H and O–H groups in total. The number of nitrogens with zero attached hydrogens (tertiary/aromatic N) is 2. The van der Waals surface area contributed by atoms with Crippen LogP contribution in [0, 0.1) is 0 Å². The molecular weight excluding hydrogens is 260 g/mol. The lowest BCUT2D eigenvalue weighted by Gasteiger charge is -2.07. The van der Waals surface area contributed by atoms with Crippen molar-refractivity contribution in [2.24, 2.45) is 0 Å². The molecule has 2 aromatic heterocycles. The normalized spacial score (nSPS) is 11.8. The Morgan fingerprint density at radius 2 is 1.79 bits per heavy atom. The predicted molar refractivity (Wildman–Crippen MR) is 74.2 cm³/mol.